The van der Waals surface area contributed by atoms with Crippen molar-refractivity contribution < 1.29 is 9.53 Å². The number of amides is 1. The molecule has 0 aliphatic carbocycles. The maximum atomic E-state index is 10.9. The molecule has 1 fully saturated rings. The molecule has 4 heteroatoms. The topological polar surface area (TPSA) is 50.7 Å². The zero-order valence-electron chi connectivity index (χ0n) is 7.70. The quantitative estimate of drug-likeness (QED) is 0.643. The van der Waals surface area contributed by atoms with Crippen molar-refractivity contribution in [2.24, 2.45) is 4.99 Å². The van der Waals surface area contributed by atoms with Crippen molar-refractivity contribution in [1.82, 2.24) is 5.32 Å². The molecule has 1 amide bonds. The molecule has 0 saturated carbocycles. The molecule has 0 aromatic rings. The van der Waals surface area contributed by atoms with Gasteiger partial charge in [-0.3, -0.25) is 9.79 Å². The van der Waals surface area contributed by atoms with E-state index < -0.39 is 0 Å². The first kappa shape index (κ1) is 9.51. The Balaban J connectivity index is 2.83. The van der Waals surface area contributed by atoms with Gasteiger partial charge in [0.2, 0.25) is 5.90 Å². The Morgan fingerprint density at radius 3 is 3.00 bits per heavy atom. The predicted molar refractivity (Wildman–Crippen MR) is 50.4 cm³/mol. The molecule has 1 aliphatic heterocycles. The molecule has 1 heterocycles. The number of nitrogens with zero attached hydrogens (tertiary/aromatic N) is 1. The van der Waals surface area contributed by atoms with Crippen LogP contribution in [0, 0.1) is 0 Å². The summed E-state index contributed by atoms with van der Waals surface area (Å²) < 4.78 is 5.08. The zero-order chi connectivity index (χ0) is 9.68. The second-order valence-electron chi connectivity index (χ2n) is 2.47. The molecular weight excluding hydrogens is 168 g/mol. The Morgan fingerprint density at radius 2 is 2.38 bits per heavy atom. The van der Waals surface area contributed by atoms with Gasteiger partial charge >= 0.3 is 0 Å². The van der Waals surface area contributed by atoms with E-state index in [1.807, 2.05) is 19.1 Å². The lowest BCUT2D eigenvalue weighted by Gasteiger charge is -2.17. The number of morpholine rings is 1. The highest BCUT2D eigenvalue weighted by molar-refractivity contribution is 6.01. The average Bonchev–Trinajstić information content (AvgIpc) is 2.15. The third-order valence-corrected chi connectivity index (χ3v) is 1.50. The minimum absolute atomic E-state index is 0.0415. The van der Waals surface area contributed by atoms with Gasteiger partial charge in [-0.25, -0.2) is 0 Å². The summed E-state index contributed by atoms with van der Waals surface area (Å²) >= 11 is 0. The van der Waals surface area contributed by atoms with Crippen LogP contribution < -0.4 is 5.32 Å². The minimum atomic E-state index is -0.150. The van der Waals surface area contributed by atoms with Crippen molar-refractivity contribution in [3.63, 3.8) is 0 Å². The molecule has 0 unspecified atom stereocenters. The normalized spacial score (nSPS) is 23.7. The first-order valence-corrected chi connectivity index (χ1v) is 4.00. The zero-order valence-corrected chi connectivity index (χ0v) is 7.70. The fourth-order valence-corrected chi connectivity index (χ4v) is 0.942. The predicted octanol–water partition coefficient (Wildman–Crippen LogP) is 0.621. The van der Waals surface area contributed by atoms with E-state index in [4.69, 9.17) is 4.74 Å². The van der Waals surface area contributed by atoms with E-state index in [1.54, 1.807) is 13.1 Å². The van der Waals surface area contributed by atoms with Gasteiger partial charge in [0.25, 0.3) is 5.91 Å². The summed E-state index contributed by atoms with van der Waals surface area (Å²) in [7, 11) is 1.62. The number of ether oxygens (including phenoxy) is 1. The van der Waals surface area contributed by atoms with Gasteiger partial charge in [-0.2, -0.15) is 0 Å². The van der Waals surface area contributed by atoms with Crippen molar-refractivity contribution in [3.8, 4) is 0 Å². The van der Waals surface area contributed by atoms with Crippen molar-refractivity contribution in [1.29, 1.82) is 0 Å². The number of allylic oxidation sites excluding steroid dienone is 3. The van der Waals surface area contributed by atoms with Crippen molar-refractivity contribution >= 4 is 11.8 Å². The van der Waals surface area contributed by atoms with Crippen LogP contribution in [0.4, 0.5) is 0 Å². The van der Waals surface area contributed by atoms with Crippen LogP contribution in [0.15, 0.2) is 28.9 Å². The maximum Gasteiger partial charge on any atom is 0.262 e. The molecule has 0 spiro atoms. The number of carbonyl (C=O) groups is 1. The summed E-state index contributed by atoms with van der Waals surface area (Å²) in [6.07, 6.45) is 5.43. The van der Waals surface area contributed by atoms with Crippen molar-refractivity contribution in [2.45, 2.75) is 6.92 Å². The molecule has 1 aliphatic rings. The Morgan fingerprint density at radius 1 is 1.62 bits per heavy atom. The summed E-state index contributed by atoms with van der Waals surface area (Å²) in [5.41, 5.74) is 0.608. The highest BCUT2D eigenvalue weighted by atomic mass is 16.5. The van der Waals surface area contributed by atoms with Crippen LogP contribution in [0.1, 0.15) is 6.92 Å². The monoisotopic (exact) mass is 180 g/mol. The van der Waals surface area contributed by atoms with Crippen LogP contribution in [0.3, 0.4) is 0 Å². The number of aliphatic imine (C=N–C) groups is 1. The van der Waals surface area contributed by atoms with E-state index in [1.165, 1.54) is 0 Å². The highest BCUT2D eigenvalue weighted by Gasteiger charge is 2.18. The van der Waals surface area contributed by atoms with Crippen LogP contribution >= 0.6 is 0 Å². The van der Waals surface area contributed by atoms with Crippen LogP contribution in [-0.2, 0) is 9.53 Å². The summed E-state index contributed by atoms with van der Waals surface area (Å²) in [6, 6.07) is 0. The first-order valence-electron chi connectivity index (χ1n) is 4.00. The summed E-state index contributed by atoms with van der Waals surface area (Å²) in [6.45, 7) is 1.94. The van der Waals surface area contributed by atoms with E-state index in [-0.39, 0.29) is 12.5 Å². The van der Waals surface area contributed by atoms with Gasteiger partial charge in [0.1, 0.15) is 5.70 Å². The molecule has 1 N–H and O–H groups in total. The molecule has 0 radical (unpaired) electrons. The largest absolute Gasteiger partial charge is 0.466 e. The van der Waals surface area contributed by atoms with Crippen molar-refractivity contribution in [3.05, 3.63) is 23.9 Å². The fourth-order valence-electron chi connectivity index (χ4n) is 0.942. The smallest absolute Gasteiger partial charge is 0.262 e. The Kier molecular flexibility index (Phi) is 3.25. The maximum absolute atomic E-state index is 10.9. The van der Waals surface area contributed by atoms with E-state index in [9.17, 15) is 4.79 Å². The molecule has 0 aromatic carbocycles. The lowest BCUT2D eigenvalue weighted by molar-refractivity contribution is -0.123. The number of carbonyl (C=O) groups excluding carboxylic acids is 1. The fraction of sp³-hybridized carbons (Fsp3) is 0.333. The van der Waals surface area contributed by atoms with Gasteiger partial charge in [-0.05, 0) is 13.0 Å². The number of nitrogens with one attached hydrogen (secondary N) is 1. The molecule has 13 heavy (non-hydrogen) atoms. The van der Waals surface area contributed by atoms with E-state index in [2.05, 4.69) is 10.3 Å². The SMILES string of the molecule is C/C=C\C=C1\NC(=O)COC1=NC. The van der Waals surface area contributed by atoms with E-state index >= 15 is 0 Å². The second kappa shape index (κ2) is 4.45. The molecule has 70 valence electrons. The van der Waals surface area contributed by atoms with E-state index in [0.717, 1.165) is 0 Å². The number of hydrogen-bond acceptors (Lipinski definition) is 3. The number of rotatable bonds is 1. The van der Waals surface area contributed by atoms with Gasteiger partial charge < -0.3 is 10.1 Å². The Bertz CT molecular complexity index is 290. The molecule has 0 bridgehead atoms. The van der Waals surface area contributed by atoms with Crippen LogP contribution in [0.25, 0.3) is 0 Å². The van der Waals surface area contributed by atoms with Crippen LogP contribution in [0.5, 0.6) is 0 Å². The Labute approximate surface area is 77.0 Å². The lowest BCUT2D eigenvalue weighted by atomic mass is 10.3. The van der Waals surface area contributed by atoms with Crippen molar-refractivity contribution in [2.75, 3.05) is 13.7 Å². The summed E-state index contributed by atoms with van der Waals surface area (Å²) in [5.74, 6) is 0.320. The second-order valence-corrected chi connectivity index (χ2v) is 2.47. The molecular formula is C9H12N2O2. The van der Waals surface area contributed by atoms with Crippen LogP contribution in [0.2, 0.25) is 0 Å². The molecule has 4 nitrogen and oxygen atoms in total. The first-order chi connectivity index (χ1) is 6.27. The Hall–Kier alpha value is -1.58. The average molecular weight is 180 g/mol. The molecule has 1 saturated heterocycles. The molecule has 0 atom stereocenters. The summed E-state index contributed by atoms with van der Waals surface area (Å²) in [5, 5.41) is 2.67. The van der Waals surface area contributed by atoms with Crippen LogP contribution in [-0.4, -0.2) is 25.5 Å². The molecule has 0 aromatic heterocycles. The third kappa shape index (κ3) is 2.43. The third-order valence-electron chi connectivity index (χ3n) is 1.50. The van der Waals surface area contributed by atoms with Gasteiger partial charge in [0.15, 0.2) is 6.61 Å². The lowest BCUT2D eigenvalue weighted by Crippen LogP contribution is -2.38. The van der Waals surface area contributed by atoms with E-state index in [0.29, 0.717) is 11.6 Å². The van der Waals surface area contributed by atoms with Gasteiger partial charge in [0, 0.05) is 7.05 Å². The van der Waals surface area contributed by atoms with Gasteiger partial charge in [0.05, 0.1) is 0 Å². The van der Waals surface area contributed by atoms with Gasteiger partial charge in [-0.1, -0.05) is 12.2 Å². The minimum Gasteiger partial charge on any atom is -0.466 e. The van der Waals surface area contributed by atoms with Gasteiger partial charge in [-0.15, -0.1) is 0 Å². The number of hydrogen-bond donors (Lipinski definition) is 1. The summed E-state index contributed by atoms with van der Waals surface area (Å²) in [4.78, 5) is 14.8. The highest BCUT2D eigenvalue weighted by Crippen LogP contribution is 2.02. The standard InChI is InChI=1S/C9H12N2O2/c1-3-4-5-7-9(10-2)13-6-8(12)11-7/h3-5H,6H2,1-2H3,(H,11,12)/b4-3-,7-5+,10-9?. The molecule has 1 rings (SSSR count).